The van der Waals surface area contributed by atoms with E-state index in [0.717, 1.165) is 12.8 Å². The molecule has 2 unspecified atom stereocenters. The zero-order valence-corrected chi connectivity index (χ0v) is 14.4. The van der Waals surface area contributed by atoms with Gasteiger partial charge in [0.2, 0.25) is 10.0 Å². The third-order valence-electron chi connectivity index (χ3n) is 3.81. The van der Waals surface area contributed by atoms with Crippen LogP contribution in [-0.2, 0) is 10.0 Å². The van der Waals surface area contributed by atoms with E-state index in [0.29, 0.717) is 27.6 Å². The average Bonchev–Trinajstić information content (AvgIpc) is 2.38. The van der Waals surface area contributed by atoms with Crippen LogP contribution in [0.4, 0.5) is 0 Å². The fourth-order valence-electron chi connectivity index (χ4n) is 2.69. The van der Waals surface area contributed by atoms with Gasteiger partial charge in [-0.3, -0.25) is 0 Å². The first-order valence-corrected chi connectivity index (χ1v) is 8.95. The molecule has 2 atom stereocenters. The maximum absolute atomic E-state index is 12.7. The summed E-state index contributed by atoms with van der Waals surface area (Å²) in [5.41, 5.74) is 0. The normalized spacial score (nSPS) is 24.6. The maximum Gasteiger partial charge on any atom is 0.243 e. The minimum Gasteiger partial charge on any atom is -0.496 e. The summed E-state index contributed by atoms with van der Waals surface area (Å²) in [5.74, 6) is 1.21. The summed E-state index contributed by atoms with van der Waals surface area (Å²) in [6.07, 6.45) is 1.83. The summed E-state index contributed by atoms with van der Waals surface area (Å²) in [7, 11) is -1.88. The molecule has 112 valence electrons. The average molecular weight is 362 g/mol. The van der Waals surface area contributed by atoms with Crippen molar-refractivity contribution in [1.82, 2.24) is 4.31 Å². The van der Waals surface area contributed by atoms with Gasteiger partial charge in [0.25, 0.3) is 0 Å². The minimum absolute atomic E-state index is 0.0460. The molecule has 0 saturated carbocycles. The van der Waals surface area contributed by atoms with E-state index in [1.165, 1.54) is 0 Å². The minimum atomic E-state index is -3.43. The van der Waals surface area contributed by atoms with Crippen LogP contribution in [0.5, 0.6) is 5.75 Å². The van der Waals surface area contributed by atoms with Gasteiger partial charge in [-0.15, -0.1) is 0 Å². The van der Waals surface area contributed by atoms with E-state index in [1.807, 2.05) is 6.92 Å². The van der Waals surface area contributed by atoms with Crippen molar-refractivity contribution in [2.24, 2.45) is 5.92 Å². The summed E-state index contributed by atoms with van der Waals surface area (Å²) in [6.45, 7) is 4.74. The first-order valence-electron chi connectivity index (χ1n) is 6.71. The second kappa shape index (κ2) is 6.03. The number of ether oxygens (including phenoxy) is 1. The Hall–Kier alpha value is -0.590. The maximum atomic E-state index is 12.7. The van der Waals surface area contributed by atoms with Gasteiger partial charge in [0.1, 0.15) is 5.75 Å². The van der Waals surface area contributed by atoms with Crippen LogP contribution < -0.4 is 4.74 Å². The van der Waals surface area contributed by atoms with Crippen LogP contribution in [0.15, 0.2) is 27.6 Å². The summed E-state index contributed by atoms with van der Waals surface area (Å²) in [5, 5.41) is 0. The summed E-state index contributed by atoms with van der Waals surface area (Å²) in [6, 6.07) is 4.93. The standard InChI is InChI=1S/C14H20BrNO3S/c1-10-6-7-16(11(2)8-10)20(17,18)12-4-5-14(19-3)13(15)9-12/h4-5,9-11H,6-8H2,1-3H3. The van der Waals surface area contributed by atoms with E-state index >= 15 is 0 Å². The molecule has 0 spiro atoms. The molecule has 2 rings (SSSR count). The van der Waals surface area contributed by atoms with Gasteiger partial charge in [0.05, 0.1) is 16.5 Å². The van der Waals surface area contributed by atoms with E-state index in [1.54, 1.807) is 29.6 Å². The van der Waals surface area contributed by atoms with E-state index < -0.39 is 10.0 Å². The number of piperidine rings is 1. The molecule has 0 aliphatic carbocycles. The summed E-state index contributed by atoms with van der Waals surface area (Å²) >= 11 is 3.34. The summed E-state index contributed by atoms with van der Waals surface area (Å²) in [4.78, 5) is 0.312. The molecule has 1 aromatic rings. The second-order valence-electron chi connectivity index (χ2n) is 5.39. The van der Waals surface area contributed by atoms with Crippen LogP contribution in [0.25, 0.3) is 0 Å². The molecule has 0 radical (unpaired) electrons. The lowest BCUT2D eigenvalue weighted by Gasteiger charge is -2.35. The van der Waals surface area contributed by atoms with Crippen molar-refractivity contribution in [2.45, 2.75) is 37.6 Å². The smallest absolute Gasteiger partial charge is 0.243 e. The van der Waals surface area contributed by atoms with Gasteiger partial charge in [-0.2, -0.15) is 4.31 Å². The Morgan fingerprint density at radius 3 is 2.60 bits per heavy atom. The number of hydrogen-bond donors (Lipinski definition) is 0. The van der Waals surface area contributed by atoms with Gasteiger partial charge in [-0.1, -0.05) is 6.92 Å². The predicted octanol–water partition coefficient (Wildman–Crippen LogP) is 3.27. The zero-order valence-electron chi connectivity index (χ0n) is 12.0. The van der Waals surface area contributed by atoms with E-state index in [2.05, 4.69) is 22.9 Å². The third kappa shape index (κ3) is 3.02. The van der Waals surface area contributed by atoms with Crippen molar-refractivity contribution in [2.75, 3.05) is 13.7 Å². The Morgan fingerprint density at radius 2 is 2.05 bits per heavy atom. The van der Waals surface area contributed by atoms with Gasteiger partial charge in [0.15, 0.2) is 0 Å². The molecule has 20 heavy (non-hydrogen) atoms. The molecule has 0 N–H and O–H groups in total. The first-order chi connectivity index (χ1) is 9.36. The topological polar surface area (TPSA) is 46.6 Å². The molecule has 1 aromatic carbocycles. The number of rotatable bonds is 3. The monoisotopic (exact) mass is 361 g/mol. The molecule has 0 aromatic heterocycles. The van der Waals surface area contributed by atoms with Crippen LogP contribution in [0.2, 0.25) is 0 Å². The lowest BCUT2D eigenvalue weighted by molar-refractivity contribution is 0.220. The second-order valence-corrected chi connectivity index (χ2v) is 8.14. The Balaban J connectivity index is 2.33. The van der Waals surface area contributed by atoms with Gasteiger partial charge < -0.3 is 4.74 Å². The number of nitrogens with zero attached hydrogens (tertiary/aromatic N) is 1. The van der Waals surface area contributed by atoms with Crippen LogP contribution >= 0.6 is 15.9 Å². The molecule has 1 aliphatic heterocycles. The molecule has 4 nitrogen and oxygen atoms in total. The Labute approximate surface area is 129 Å². The van der Waals surface area contributed by atoms with E-state index in [-0.39, 0.29) is 6.04 Å². The van der Waals surface area contributed by atoms with Crippen molar-refractivity contribution in [1.29, 1.82) is 0 Å². The number of halogens is 1. The molecule has 1 fully saturated rings. The fourth-order valence-corrected chi connectivity index (χ4v) is 5.06. The van der Waals surface area contributed by atoms with Crippen molar-refractivity contribution in [3.05, 3.63) is 22.7 Å². The Bertz CT molecular complexity index is 588. The highest BCUT2D eigenvalue weighted by atomic mass is 79.9. The highest BCUT2D eigenvalue weighted by molar-refractivity contribution is 9.10. The zero-order chi connectivity index (χ0) is 14.9. The highest BCUT2D eigenvalue weighted by Crippen LogP contribution is 2.32. The van der Waals surface area contributed by atoms with Crippen molar-refractivity contribution in [3.63, 3.8) is 0 Å². The molecular weight excluding hydrogens is 342 g/mol. The van der Waals surface area contributed by atoms with Crippen molar-refractivity contribution in [3.8, 4) is 5.75 Å². The lowest BCUT2D eigenvalue weighted by Crippen LogP contribution is -2.44. The van der Waals surface area contributed by atoms with Gasteiger partial charge >= 0.3 is 0 Å². The van der Waals surface area contributed by atoms with Crippen LogP contribution in [0.1, 0.15) is 26.7 Å². The number of benzene rings is 1. The third-order valence-corrected chi connectivity index (χ3v) is 6.44. The first kappa shape index (κ1) is 15.8. The Kier molecular flexibility index (Phi) is 4.76. The predicted molar refractivity (Wildman–Crippen MR) is 82.4 cm³/mol. The molecule has 1 heterocycles. The fraction of sp³-hybridized carbons (Fsp3) is 0.571. The molecule has 0 amide bonds. The summed E-state index contributed by atoms with van der Waals surface area (Å²) < 4.78 is 32.8. The van der Waals surface area contributed by atoms with Gasteiger partial charge in [-0.25, -0.2) is 8.42 Å². The lowest BCUT2D eigenvalue weighted by atomic mass is 9.95. The van der Waals surface area contributed by atoms with Crippen LogP contribution in [-0.4, -0.2) is 32.4 Å². The van der Waals surface area contributed by atoms with Crippen molar-refractivity contribution >= 4 is 26.0 Å². The number of methoxy groups -OCH3 is 1. The van der Waals surface area contributed by atoms with E-state index in [4.69, 9.17) is 4.74 Å². The molecule has 6 heteroatoms. The molecule has 0 bridgehead atoms. The van der Waals surface area contributed by atoms with Crippen LogP contribution in [0.3, 0.4) is 0 Å². The van der Waals surface area contributed by atoms with Crippen molar-refractivity contribution < 1.29 is 13.2 Å². The molecular formula is C14H20BrNO3S. The highest BCUT2D eigenvalue weighted by Gasteiger charge is 2.33. The Morgan fingerprint density at radius 1 is 1.35 bits per heavy atom. The molecule has 1 saturated heterocycles. The number of sulfonamides is 1. The number of hydrogen-bond acceptors (Lipinski definition) is 3. The van der Waals surface area contributed by atoms with Gasteiger partial charge in [-0.05, 0) is 59.8 Å². The largest absolute Gasteiger partial charge is 0.496 e. The van der Waals surface area contributed by atoms with Crippen LogP contribution in [0, 0.1) is 5.92 Å². The van der Waals surface area contributed by atoms with Gasteiger partial charge in [0, 0.05) is 12.6 Å². The molecule has 1 aliphatic rings. The van der Waals surface area contributed by atoms with E-state index in [9.17, 15) is 8.42 Å². The SMILES string of the molecule is COc1ccc(S(=O)(=O)N2CCC(C)CC2C)cc1Br. The quantitative estimate of drug-likeness (QED) is 0.829.